The maximum atomic E-state index is 11.6. The van der Waals surface area contributed by atoms with Gasteiger partial charge in [-0.1, -0.05) is 36.4 Å². The summed E-state index contributed by atoms with van der Waals surface area (Å²) in [4.78, 5) is 11.6. The minimum atomic E-state index is -0.352. The Balaban J connectivity index is 0.00000176. The highest BCUT2D eigenvalue weighted by molar-refractivity contribution is 7.59. The number of nitrogens with one attached hydrogen (secondary N) is 1. The van der Waals surface area contributed by atoms with Gasteiger partial charge in [-0.3, -0.25) is 0 Å². The van der Waals surface area contributed by atoms with Gasteiger partial charge in [0.2, 0.25) is 0 Å². The van der Waals surface area contributed by atoms with Crippen molar-refractivity contribution in [1.82, 2.24) is 5.32 Å². The van der Waals surface area contributed by atoms with E-state index in [2.05, 4.69) is 5.32 Å². The van der Waals surface area contributed by atoms with E-state index in [0.29, 0.717) is 5.56 Å². The van der Waals surface area contributed by atoms with E-state index in [1.54, 1.807) is 12.1 Å². The first-order chi connectivity index (χ1) is 10.3. The first kappa shape index (κ1) is 16.4. The number of hydrogen-bond donors (Lipinski definition) is 1. The van der Waals surface area contributed by atoms with Crippen molar-refractivity contribution < 1.29 is 14.3 Å². The number of esters is 1. The maximum absolute atomic E-state index is 11.6. The van der Waals surface area contributed by atoms with Crippen LogP contribution in [0.3, 0.4) is 0 Å². The third-order valence-corrected chi connectivity index (χ3v) is 3.57. The summed E-state index contributed by atoms with van der Waals surface area (Å²) in [7, 11) is 1.38. The molecule has 4 nitrogen and oxygen atoms in total. The van der Waals surface area contributed by atoms with Crippen LogP contribution in [0.25, 0.3) is 0 Å². The summed E-state index contributed by atoms with van der Waals surface area (Å²) in [5.74, 6) is 0.381. The molecule has 3 rings (SSSR count). The molecule has 0 radical (unpaired) electrons. The molecule has 22 heavy (non-hydrogen) atoms. The van der Waals surface area contributed by atoms with Crippen LogP contribution in [-0.4, -0.2) is 19.6 Å². The highest BCUT2D eigenvalue weighted by Crippen LogP contribution is 2.29. The van der Waals surface area contributed by atoms with E-state index in [1.807, 2.05) is 36.4 Å². The molecule has 2 aromatic rings. The van der Waals surface area contributed by atoms with Crippen molar-refractivity contribution in [3.8, 4) is 5.75 Å². The molecule has 2 aromatic carbocycles. The van der Waals surface area contributed by atoms with Crippen LogP contribution in [0, 0.1) is 0 Å². The first-order valence-corrected chi connectivity index (χ1v) is 6.91. The number of benzene rings is 2. The Labute approximate surface area is 136 Å². The second kappa shape index (κ2) is 7.33. The molecule has 1 aliphatic heterocycles. The van der Waals surface area contributed by atoms with Crippen molar-refractivity contribution in [1.29, 1.82) is 0 Å². The van der Waals surface area contributed by atoms with Crippen molar-refractivity contribution in [2.75, 3.05) is 13.7 Å². The molecule has 116 valence electrons. The summed E-state index contributed by atoms with van der Waals surface area (Å²) in [5.41, 5.74) is 2.66. The van der Waals surface area contributed by atoms with Crippen LogP contribution in [0.2, 0.25) is 0 Å². The monoisotopic (exact) mass is 317 g/mol. The van der Waals surface area contributed by atoms with Crippen molar-refractivity contribution in [2.24, 2.45) is 0 Å². The SMILES string of the molecule is COC(=O)c1ccc2c(c1)O[C@@H](c1ccccc1)CNC2.S. The highest BCUT2D eigenvalue weighted by atomic mass is 32.1. The minimum absolute atomic E-state index is 0. The van der Waals surface area contributed by atoms with E-state index >= 15 is 0 Å². The van der Waals surface area contributed by atoms with Gasteiger partial charge in [0.1, 0.15) is 11.9 Å². The molecular formula is C17H19NO3S. The predicted octanol–water partition coefficient (Wildman–Crippen LogP) is 2.81. The fourth-order valence-corrected chi connectivity index (χ4v) is 2.44. The van der Waals surface area contributed by atoms with Gasteiger partial charge in [0.05, 0.1) is 12.7 Å². The van der Waals surface area contributed by atoms with E-state index in [4.69, 9.17) is 9.47 Å². The predicted molar refractivity (Wildman–Crippen MR) is 89.7 cm³/mol. The normalized spacial score (nSPS) is 16.5. The molecule has 0 amide bonds. The van der Waals surface area contributed by atoms with Crippen LogP contribution in [0.1, 0.15) is 27.6 Å². The van der Waals surface area contributed by atoms with E-state index in [9.17, 15) is 4.79 Å². The topological polar surface area (TPSA) is 47.6 Å². The smallest absolute Gasteiger partial charge is 0.337 e. The zero-order chi connectivity index (χ0) is 14.7. The third-order valence-electron chi connectivity index (χ3n) is 3.57. The van der Waals surface area contributed by atoms with Crippen LogP contribution in [-0.2, 0) is 11.3 Å². The average Bonchev–Trinajstić information content (AvgIpc) is 2.76. The van der Waals surface area contributed by atoms with Crippen molar-refractivity contribution >= 4 is 19.5 Å². The van der Waals surface area contributed by atoms with Gasteiger partial charge in [0.15, 0.2) is 0 Å². The molecule has 0 saturated carbocycles. The van der Waals surface area contributed by atoms with Gasteiger partial charge in [-0.05, 0) is 17.7 Å². The lowest BCUT2D eigenvalue weighted by molar-refractivity contribution is 0.0600. The Morgan fingerprint density at radius 3 is 2.73 bits per heavy atom. The molecule has 0 aromatic heterocycles. The quantitative estimate of drug-likeness (QED) is 0.865. The number of methoxy groups -OCH3 is 1. The molecule has 1 heterocycles. The summed E-state index contributed by atoms with van der Waals surface area (Å²) in [6.07, 6.45) is -0.0691. The molecule has 1 N–H and O–H groups in total. The van der Waals surface area contributed by atoms with Gasteiger partial charge >= 0.3 is 5.97 Å². The molecule has 0 aliphatic carbocycles. The molecule has 1 aliphatic rings. The van der Waals surface area contributed by atoms with E-state index in [1.165, 1.54) is 7.11 Å². The van der Waals surface area contributed by atoms with Gasteiger partial charge in [-0.15, -0.1) is 0 Å². The fraction of sp³-hybridized carbons (Fsp3) is 0.235. The zero-order valence-electron chi connectivity index (χ0n) is 12.3. The van der Waals surface area contributed by atoms with E-state index in [-0.39, 0.29) is 25.6 Å². The maximum Gasteiger partial charge on any atom is 0.337 e. The minimum Gasteiger partial charge on any atom is -0.484 e. The molecule has 0 fully saturated rings. The molecule has 0 bridgehead atoms. The largest absolute Gasteiger partial charge is 0.484 e. The Morgan fingerprint density at radius 2 is 2.00 bits per heavy atom. The van der Waals surface area contributed by atoms with Crippen LogP contribution in [0.4, 0.5) is 0 Å². The summed E-state index contributed by atoms with van der Waals surface area (Å²) < 4.78 is 10.9. The van der Waals surface area contributed by atoms with Crippen LogP contribution < -0.4 is 10.1 Å². The lowest BCUT2D eigenvalue weighted by atomic mass is 10.1. The number of carbonyl (C=O) groups is 1. The molecule has 0 saturated heterocycles. The Hall–Kier alpha value is -1.98. The van der Waals surface area contributed by atoms with Crippen LogP contribution >= 0.6 is 13.5 Å². The van der Waals surface area contributed by atoms with Gasteiger partial charge in [-0.25, -0.2) is 4.79 Å². The summed E-state index contributed by atoms with van der Waals surface area (Å²) in [5, 5.41) is 3.37. The summed E-state index contributed by atoms with van der Waals surface area (Å²) in [6.45, 7) is 1.45. The standard InChI is InChI=1S/C17H17NO3.H2S/c1-20-17(19)13-7-8-14-10-18-11-16(21-15(14)9-13)12-5-3-2-4-6-12;/h2-9,16,18H,10-11H2,1H3;1H2/t16-;/m1./s1. The second-order valence-electron chi connectivity index (χ2n) is 4.96. The van der Waals surface area contributed by atoms with Gasteiger partial charge in [-0.2, -0.15) is 13.5 Å². The van der Waals surface area contributed by atoms with Crippen molar-refractivity contribution in [3.63, 3.8) is 0 Å². The van der Waals surface area contributed by atoms with Crippen LogP contribution in [0.15, 0.2) is 48.5 Å². The van der Waals surface area contributed by atoms with Crippen molar-refractivity contribution in [3.05, 3.63) is 65.2 Å². The number of rotatable bonds is 2. The van der Waals surface area contributed by atoms with Gasteiger partial charge < -0.3 is 14.8 Å². The van der Waals surface area contributed by atoms with Crippen LogP contribution in [0.5, 0.6) is 5.75 Å². The summed E-state index contributed by atoms with van der Waals surface area (Å²) in [6, 6.07) is 15.5. The molecule has 0 unspecified atom stereocenters. The summed E-state index contributed by atoms with van der Waals surface area (Å²) >= 11 is 0. The van der Waals surface area contributed by atoms with Crippen molar-refractivity contribution in [2.45, 2.75) is 12.6 Å². The zero-order valence-corrected chi connectivity index (χ0v) is 13.3. The lowest BCUT2D eigenvalue weighted by Gasteiger charge is -2.18. The Morgan fingerprint density at radius 1 is 1.23 bits per heavy atom. The lowest BCUT2D eigenvalue weighted by Crippen LogP contribution is -2.21. The average molecular weight is 317 g/mol. The number of carbonyl (C=O) groups excluding carboxylic acids is 1. The van der Waals surface area contributed by atoms with Gasteiger partial charge in [0.25, 0.3) is 0 Å². The number of hydrogen-bond acceptors (Lipinski definition) is 4. The first-order valence-electron chi connectivity index (χ1n) is 6.91. The second-order valence-corrected chi connectivity index (χ2v) is 4.96. The third kappa shape index (κ3) is 3.43. The fourth-order valence-electron chi connectivity index (χ4n) is 2.44. The molecule has 0 spiro atoms. The number of fused-ring (bicyclic) bond motifs is 1. The Bertz CT molecular complexity index is 646. The molecule has 5 heteroatoms. The van der Waals surface area contributed by atoms with E-state index < -0.39 is 0 Å². The highest BCUT2D eigenvalue weighted by Gasteiger charge is 2.20. The number of ether oxygens (including phenoxy) is 2. The van der Waals surface area contributed by atoms with E-state index in [0.717, 1.165) is 30.0 Å². The molecule has 1 atom stereocenters. The molecular weight excluding hydrogens is 298 g/mol. The Kier molecular flexibility index (Phi) is 5.46. The van der Waals surface area contributed by atoms with Gasteiger partial charge in [0, 0.05) is 18.7 Å².